The number of amides is 1. The molecule has 1 aliphatic carbocycles. The Morgan fingerprint density at radius 3 is 2.24 bits per heavy atom. The summed E-state index contributed by atoms with van der Waals surface area (Å²) in [5.74, 6) is 1.63. The molecule has 1 aromatic rings. The second kappa shape index (κ2) is 8.40. The minimum absolute atomic E-state index is 0. The normalized spacial score (nSPS) is 21.7. The van der Waals surface area contributed by atoms with E-state index >= 15 is 0 Å². The zero-order chi connectivity index (χ0) is 14.5. The van der Waals surface area contributed by atoms with Crippen LogP contribution in [-0.4, -0.2) is 11.9 Å². The van der Waals surface area contributed by atoms with Crippen LogP contribution in [0.15, 0.2) is 24.3 Å². The van der Waals surface area contributed by atoms with Gasteiger partial charge < -0.3 is 11.1 Å². The predicted octanol–water partition coefficient (Wildman–Crippen LogP) is 3.51. The van der Waals surface area contributed by atoms with E-state index in [-0.39, 0.29) is 18.3 Å². The molecule has 0 aliphatic heterocycles. The molecule has 2 rings (SSSR count). The van der Waals surface area contributed by atoms with E-state index in [4.69, 9.17) is 5.73 Å². The lowest BCUT2D eigenvalue weighted by atomic mass is 9.79. The third-order valence-corrected chi connectivity index (χ3v) is 4.50. The van der Waals surface area contributed by atoms with Crippen LogP contribution in [0.3, 0.4) is 0 Å². The van der Waals surface area contributed by atoms with Crippen LogP contribution in [0, 0.1) is 11.8 Å². The van der Waals surface area contributed by atoms with Crippen LogP contribution in [0.25, 0.3) is 0 Å². The minimum atomic E-state index is 0. The number of carbonyl (C=O) groups excluding carboxylic acids is 1. The molecule has 4 heteroatoms. The molecule has 0 saturated heterocycles. The number of nitrogens with one attached hydrogen (secondary N) is 1. The number of carbonyl (C=O) groups is 1. The maximum absolute atomic E-state index is 12.2. The van der Waals surface area contributed by atoms with E-state index in [2.05, 4.69) is 19.2 Å². The van der Waals surface area contributed by atoms with Gasteiger partial charge in [0.25, 0.3) is 5.91 Å². The van der Waals surface area contributed by atoms with Gasteiger partial charge in [-0.1, -0.05) is 26.0 Å². The van der Waals surface area contributed by atoms with Crippen molar-refractivity contribution in [3.63, 3.8) is 0 Å². The average Bonchev–Trinajstić information content (AvgIpc) is 2.48. The Morgan fingerprint density at radius 1 is 1.19 bits per heavy atom. The van der Waals surface area contributed by atoms with Gasteiger partial charge in [-0.05, 0) is 55.2 Å². The molecule has 21 heavy (non-hydrogen) atoms. The van der Waals surface area contributed by atoms with Crippen LogP contribution in [0.5, 0.6) is 0 Å². The molecule has 0 bridgehead atoms. The van der Waals surface area contributed by atoms with E-state index in [0.29, 0.717) is 12.6 Å². The molecule has 3 nitrogen and oxygen atoms in total. The first kappa shape index (κ1) is 18.0. The van der Waals surface area contributed by atoms with Crippen molar-refractivity contribution in [3.8, 4) is 0 Å². The molecule has 0 heterocycles. The van der Waals surface area contributed by atoms with Crippen molar-refractivity contribution >= 4 is 18.3 Å². The van der Waals surface area contributed by atoms with Crippen LogP contribution in [0.2, 0.25) is 0 Å². The summed E-state index contributed by atoms with van der Waals surface area (Å²) in [6.07, 6.45) is 4.67. The molecule has 0 atom stereocenters. The molecule has 0 radical (unpaired) electrons. The van der Waals surface area contributed by atoms with Gasteiger partial charge in [0, 0.05) is 18.2 Å². The van der Waals surface area contributed by atoms with Crippen LogP contribution in [0.4, 0.5) is 0 Å². The Hall–Kier alpha value is -1.06. The van der Waals surface area contributed by atoms with Gasteiger partial charge in [-0.3, -0.25) is 4.79 Å². The van der Waals surface area contributed by atoms with Gasteiger partial charge in [0.15, 0.2) is 0 Å². The van der Waals surface area contributed by atoms with Crippen LogP contribution in [0.1, 0.15) is 55.5 Å². The Morgan fingerprint density at radius 2 is 1.76 bits per heavy atom. The van der Waals surface area contributed by atoms with E-state index in [1.807, 2.05) is 24.3 Å². The van der Waals surface area contributed by atoms with Gasteiger partial charge >= 0.3 is 0 Å². The average molecular weight is 311 g/mol. The van der Waals surface area contributed by atoms with Crippen molar-refractivity contribution in [2.24, 2.45) is 17.6 Å². The summed E-state index contributed by atoms with van der Waals surface area (Å²) >= 11 is 0. The van der Waals surface area contributed by atoms with Gasteiger partial charge in [-0.25, -0.2) is 0 Å². The van der Waals surface area contributed by atoms with E-state index in [9.17, 15) is 4.79 Å². The molecular formula is C17H27ClN2O. The maximum Gasteiger partial charge on any atom is 0.251 e. The number of hydrogen-bond acceptors (Lipinski definition) is 2. The van der Waals surface area contributed by atoms with Crippen LogP contribution >= 0.6 is 12.4 Å². The third-order valence-electron chi connectivity index (χ3n) is 4.50. The number of benzene rings is 1. The van der Waals surface area contributed by atoms with Gasteiger partial charge in [0.2, 0.25) is 0 Å². The molecule has 1 fully saturated rings. The molecule has 0 aromatic heterocycles. The van der Waals surface area contributed by atoms with E-state index in [1.165, 1.54) is 12.8 Å². The lowest BCUT2D eigenvalue weighted by Crippen LogP contribution is -2.38. The first-order valence-corrected chi connectivity index (χ1v) is 7.70. The molecule has 1 saturated carbocycles. The summed E-state index contributed by atoms with van der Waals surface area (Å²) in [6.45, 7) is 5.10. The number of nitrogens with two attached hydrogens (primary N) is 1. The largest absolute Gasteiger partial charge is 0.349 e. The molecule has 1 amide bonds. The maximum atomic E-state index is 12.2. The quantitative estimate of drug-likeness (QED) is 0.894. The monoisotopic (exact) mass is 310 g/mol. The summed E-state index contributed by atoms with van der Waals surface area (Å²) in [5, 5.41) is 3.16. The third kappa shape index (κ3) is 5.01. The topological polar surface area (TPSA) is 55.1 Å². The molecule has 1 aromatic carbocycles. The fraction of sp³-hybridized carbons (Fsp3) is 0.588. The summed E-state index contributed by atoms with van der Waals surface area (Å²) in [7, 11) is 0. The highest BCUT2D eigenvalue weighted by molar-refractivity contribution is 5.94. The van der Waals surface area contributed by atoms with Crippen molar-refractivity contribution < 1.29 is 4.79 Å². The Balaban J connectivity index is 0.00000220. The zero-order valence-corrected chi connectivity index (χ0v) is 13.8. The lowest BCUT2D eigenvalue weighted by molar-refractivity contribution is 0.0918. The molecule has 1 aliphatic rings. The number of halogens is 1. The summed E-state index contributed by atoms with van der Waals surface area (Å²) in [6, 6.07) is 7.90. The van der Waals surface area contributed by atoms with Gasteiger partial charge in [-0.15, -0.1) is 12.4 Å². The first-order chi connectivity index (χ1) is 9.60. The first-order valence-electron chi connectivity index (χ1n) is 7.70. The number of hydrogen-bond donors (Lipinski definition) is 2. The SMILES string of the molecule is CC(C)C1CCC(NC(=O)c2ccc(CN)cc2)CC1.Cl. The van der Waals surface area contributed by atoms with Crippen molar-refractivity contribution in [2.45, 2.75) is 52.1 Å². The fourth-order valence-corrected chi connectivity index (χ4v) is 2.99. The van der Waals surface area contributed by atoms with Gasteiger partial charge in [0.1, 0.15) is 0 Å². The van der Waals surface area contributed by atoms with Gasteiger partial charge in [-0.2, -0.15) is 0 Å². The van der Waals surface area contributed by atoms with Crippen molar-refractivity contribution in [2.75, 3.05) is 0 Å². The highest BCUT2D eigenvalue weighted by Gasteiger charge is 2.24. The van der Waals surface area contributed by atoms with Crippen molar-refractivity contribution in [1.82, 2.24) is 5.32 Å². The van der Waals surface area contributed by atoms with Crippen LogP contribution in [-0.2, 0) is 6.54 Å². The second-order valence-electron chi connectivity index (χ2n) is 6.23. The molecule has 0 spiro atoms. The highest BCUT2D eigenvalue weighted by Crippen LogP contribution is 2.29. The second-order valence-corrected chi connectivity index (χ2v) is 6.23. The standard InChI is InChI=1S/C17H26N2O.ClH/c1-12(2)14-7-9-16(10-8-14)19-17(20)15-5-3-13(11-18)4-6-15;/h3-6,12,14,16H,7-11,18H2,1-2H3,(H,19,20);1H. The summed E-state index contributed by atoms with van der Waals surface area (Å²) in [5.41, 5.74) is 7.35. The zero-order valence-electron chi connectivity index (χ0n) is 13.0. The van der Waals surface area contributed by atoms with E-state index < -0.39 is 0 Å². The van der Waals surface area contributed by atoms with Crippen molar-refractivity contribution in [1.29, 1.82) is 0 Å². The molecule has 3 N–H and O–H groups in total. The summed E-state index contributed by atoms with van der Waals surface area (Å²) in [4.78, 5) is 12.2. The predicted molar refractivity (Wildman–Crippen MR) is 89.6 cm³/mol. The lowest BCUT2D eigenvalue weighted by Gasteiger charge is -2.31. The van der Waals surface area contributed by atoms with Crippen molar-refractivity contribution in [3.05, 3.63) is 35.4 Å². The fourth-order valence-electron chi connectivity index (χ4n) is 2.99. The summed E-state index contributed by atoms with van der Waals surface area (Å²) < 4.78 is 0. The molecule has 118 valence electrons. The Labute approximate surface area is 134 Å². The molecular weight excluding hydrogens is 284 g/mol. The van der Waals surface area contributed by atoms with Gasteiger partial charge in [0.05, 0.1) is 0 Å². The minimum Gasteiger partial charge on any atom is -0.349 e. The molecule has 0 unspecified atom stereocenters. The smallest absolute Gasteiger partial charge is 0.251 e. The number of rotatable bonds is 4. The van der Waals surface area contributed by atoms with E-state index in [1.54, 1.807) is 0 Å². The highest BCUT2D eigenvalue weighted by atomic mass is 35.5. The Bertz CT molecular complexity index is 437. The van der Waals surface area contributed by atoms with E-state index in [0.717, 1.165) is 35.8 Å². The Kier molecular flexibility index (Phi) is 7.20. The van der Waals surface area contributed by atoms with Crippen LogP contribution < -0.4 is 11.1 Å².